The third-order valence-corrected chi connectivity index (χ3v) is 1.71. The van der Waals surface area contributed by atoms with Crippen molar-refractivity contribution in [2.75, 3.05) is 0 Å². The van der Waals surface area contributed by atoms with Crippen LogP contribution < -0.4 is 4.74 Å². The minimum absolute atomic E-state index is 0.00710. The van der Waals surface area contributed by atoms with Crippen LogP contribution >= 0.6 is 23.2 Å². The lowest BCUT2D eigenvalue weighted by atomic mass is 10.2. The van der Waals surface area contributed by atoms with Gasteiger partial charge >= 0.3 is 6.47 Å². The largest absolute Gasteiger partial charge is 0.462 e. The zero-order valence-electron chi connectivity index (χ0n) is 7.57. The lowest BCUT2D eigenvalue weighted by Crippen LogP contribution is -1.94. The van der Waals surface area contributed by atoms with E-state index < -0.39 is 0 Å². The summed E-state index contributed by atoms with van der Waals surface area (Å²) in [5, 5.41) is 0. The summed E-state index contributed by atoms with van der Waals surface area (Å²) in [5.41, 5.74) is 0.701. The Bertz CT molecular complexity index is 359. The molecule has 1 radical (unpaired) electrons. The summed E-state index contributed by atoms with van der Waals surface area (Å²) in [6.45, 7) is 1.43. The predicted octanol–water partition coefficient (Wildman–Crippen LogP) is 2.93. The molecule has 0 aliphatic heterocycles. The quantitative estimate of drug-likeness (QED) is 0.749. The summed E-state index contributed by atoms with van der Waals surface area (Å²) < 4.78 is 9.66. The second-order valence-electron chi connectivity index (χ2n) is 2.51. The van der Waals surface area contributed by atoms with Crippen LogP contribution in [0.3, 0.4) is 0 Å². The van der Waals surface area contributed by atoms with Gasteiger partial charge < -0.3 is 9.47 Å². The topological polar surface area (TPSA) is 35.5 Å². The van der Waals surface area contributed by atoms with Crippen molar-refractivity contribution in [3.8, 4) is 5.75 Å². The first-order valence-electron chi connectivity index (χ1n) is 3.98. The molecule has 0 fully saturated rings. The maximum absolute atomic E-state index is 9.91. The van der Waals surface area contributed by atoms with Crippen LogP contribution in [-0.2, 0) is 16.1 Å². The van der Waals surface area contributed by atoms with Crippen LogP contribution in [0.15, 0.2) is 35.0 Å². The van der Waals surface area contributed by atoms with E-state index in [9.17, 15) is 4.79 Å². The standard InChI is InChI=1S/C10H7Cl2O3/c11-10(12)6-15-9-4-2-1-3-8(9)5-14-7-13/h1-4,6H,5H2. The lowest BCUT2D eigenvalue weighted by molar-refractivity contribution is 0.263. The highest BCUT2D eigenvalue weighted by Crippen LogP contribution is 2.20. The SMILES string of the molecule is O=[C]OCc1ccccc1OC=C(Cl)Cl. The van der Waals surface area contributed by atoms with Gasteiger partial charge in [-0.25, -0.2) is 4.79 Å². The predicted molar refractivity (Wildman–Crippen MR) is 57.3 cm³/mol. The summed E-state index contributed by atoms with van der Waals surface area (Å²) in [4.78, 5) is 9.91. The maximum Gasteiger partial charge on any atom is 0.417 e. The number of hydrogen-bond acceptors (Lipinski definition) is 3. The zero-order valence-corrected chi connectivity index (χ0v) is 9.09. The molecule has 0 aliphatic rings. The molecule has 0 unspecified atom stereocenters. The van der Waals surface area contributed by atoms with Crippen LogP contribution in [0.4, 0.5) is 0 Å². The molecule has 0 saturated heterocycles. The van der Waals surface area contributed by atoms with Gasteiger partial charge in [0.05, 0.1) is 0 Å². The first-order valence-corrected chi connectivity index (χ1v) is 4.74. The molecule has 0 bridgehead atoms. The molecule has 1 rings (SSSR count). The average Bonchev–Trinajstić information content (AvgIpc) is 2.24. The highest BCUT2D eigenvalue weighted by molar-refractivity contribution is 6.55. The van der Waals surface area contributed by atoms with Crippen molar-refractivity contribution in [1.29, 1.82) is 0 Å². The van der Waals surface area contributed by atoms with E-state index in [2.05, 4.69) is 4.74 Å². The Morgan fingerprint density at radius 1 is 1.40 bits per heavy atom. The highest BCUT2D eigenvalue weighted by atomic mass is 35.5. The Hall–Kier alpha value is -1.19. The van der Waals surface area contributed by atoms with Crippen LogP contribution in [0.1, 0.15) is 5.56 Å². The summed E-state index contributed by atoms with van der Waals surface area (Å²) in [6, 6.07) is 7.03. The number of para-hydroxylation sites is 1. The summed E-state index contributed by atoms with van der Waals surface area (Å²) in [7, 11) is 0. The van der Waals surface area contributed by atoms with E-state index in [0.717, 1.165) is 0 Å². The van der Waals surface area contributed by atoms with Crippen LogP contribution in [-0.4, -0.2) is 6.47 Å². The molecular weight excluding hydrogens is 239 g/mol. The van der Waals surface area contributed by atoms with Gasteiger partial charge in [0.25, 0.3) is 0 Å². The molecule has 3 nitrogen and oxygen atoms in total. The molecule has 1 aromatic rings. The Morgan fingerprint density at radius 3 is 2.80 bits per heavy atom. The van der Waals surface area contributed by atoms with E-state index in [0.29, 0.717) is 11.3 Å². The fourth-order valence-electron chi connectivity index (χ4n) is 0.953. The number of halogens is 2. The van der Waals surface area contributed by atoms with E-state index in [1.807, 2.05) is 0 Å². The Morgan fingerprint density at radius 2 is 2.13 bits per heavy atom. The average molecular weight is 246 g/mol. The Kier molecular flexibility index (Phi) is 5.01. The van der Waals surface area contributed by atoms with Crippen molar-refractivity contribution in [3.63, 3.8) is 0 Å². The number of ether oxygens (including phenoxy) is 2. The molecule has 0 atom stereocenters. The second-order valence-corrected chi connectivity index (χ2v) is 3.51. The monoisotopic (exact) mass is 245 g/mol. The van der Waals surface area contributed by atoms with Gasteiger partial charge in [-0.15, -0.1) is 0 Å². The number of rotatable bonds is 5. The van der Waals surface area contributed by atoms with Crippen molar-refractivity contribution in [3.05, 3.63) is 40.6 Å². The zero-order chi connectivity index (χ0) is 11.1. The van der Waals surface area contributed by atoms with Crippen molar-refractivity contribution < 1.29 is 14.3 Å². The van der Waals surface area contributed by atoms with Gasteiger partial charge in [0.1, 0.15) is 23.1 Å². The van der Waals surface area contributed by atoms with Gasteiger partial charge in [-0.05, 0) is 6.07 Å². The van der Waals surface area contributed by atoms with Crippen LogP contribution in [0.25, 0.3) is 0 Å². The fraction of sp³-hybridized carbons (Fsp3) is 0.100. The lowest BCUT2D eigenvalue weighted by Gasteiger charge is -2.06. The van der Waals surface area contributed by atoms with Gasteiger partial charge in [0, 0.05) is 5.56 Å². The second kappa shape index (κ2) is 6.32. The third kappa shape index (κ3) is 4.23. The minimum atomic E-state index is 0.00710. The Labute approximate surface area is 97.2 Å². The highest BCUT2D eigenvalue weighted by Gasteiger charge is 2.02. The third-order valence-electron chi connectivity index (χ3n) is 1.53. The molecule has 0 amide bonds. The summed E-state index contributed by atoms with van der Waals surface area (Å²) in [5.74, 6) is 0.520. The van der Waals surface area contributed by atoms with Crippen LogP contribution in [0.2, 0.25) is 0 Å². The smallest absolute Gasteiger partial charge is 0.417 e. The first-order chi connectivity index (χ1) is 7.24. The van der Waals surface area contributed by atoms with Gasteiger partial charge in [-0.1, -0.05) is 41.4 Å². The number of hydrogen-bond donors (Lipinski definition) is 0. The molecule has 0 N–H and O–H groups in total. The summed E-state index contributed by atoms with van der Waals surface area (Å²) >= 11 is 10.8. The molecule has 5 heteroatoms. The molecule has 15 heavy (non-hydrogen) atoms. The van der Waals surface area contributed by atoms with Gasteiger partial charge in [-0.2, -0.15) is 0 Å². The first kappa shape index (κ1) is 11.9. The van der Waals surface area contributed by atoms with Crippen molar-refractivity contribution in [1.82, 2.24) is 0 Å². The van der Waals surface area contributed by atoms with E-state index in [1.54, 1.807) is 24.3 Å². The van der Waals surface area contributed by atoms with Gasteiger partial charge in [-0.3, -0.25) is 0 Å². The molecular formula is C10H7Cl2O3. The molecule has 0 heterocycles. The van der Waals surface area contributed by atoms with Crippen molar-refractivity contribution in [2.45, 2.75) is 6.61 Å². The molecule has 79 valence electrons. The Balaban J connectivity index is 2.76. The summed E-state index contributed by atoms with van der Waals surface area (Å²) in [6.07, 6.45) is 1.19. The van der Waals surface area contributed by atoms with Crippen molar-refractivity contribution >= 4 is 29.7 Å². The molecule has 1 aromatic carbocycles. The molecule has 0 aromatic heterocycles. The molecule has 0 spiro atoms. The van der Waals surface area contributed by atoms with E-state index in [4.69, 9.17) is 27.9 Å². The van der Waals surface area contributed by atoms with Crippen LogP contribution in [0, 0.1) is 0 Å². The fourth-order valence-corrected chi connectivity index (χ4v) is 1.04. The maximum atomic E-state index is 9.91. The van der Waals surface area contributed by atoms with Gasteiger partial charge in [0.15, 0.2) is 0 Å². The minimum Gasteiger partial charge on any atom is -0.462 e. The van der Waals surface area contributed by atoms with E-state index in [-0.39, 0.29) is 11.1 Å². The van der Waals surface area contributed by atoms with Crippen molar-refractivity contribution in [2.24, 2.45) is 0 Å². The number of benzene rings is 1. The van der Waals surface area contributed by atoms with Gasteiger partial charge in [0.2, 0.25) is 0 Å². The number of carbonyl (C=O) groups excluding carboxylic acids is 1. The van der Waals surface area contributed by atoms with E-state index in [1.165, 1.54) is 12.7 Å². The molecule has 0 saturated carbocycles. The molecule has 0 aliphatic carbocycles. The normalized spacial score (nSPS) is 9.20. The van der Waals surface area contributed by atoms with E-state index >= 15 is 0 Å². The van der Waals surface area contributed by atoms with Crippen LogP contribution in [0.5, 0.6) is 5.75 Å².